The SMILES string of the molecule is CCCCCOc1cccc(NC(=N)Nc2cccc(C)c2)c1. The monoisotopic (exact) mass is 311 g/mol. The summed E-state index contributed by atoms with van der Waals surface area (Å²) in [6, 6.07) is 15.6. The van der Waals surface area contributed by atoms with Crippen molar-refractivity contribution in [2.24, 2.45) is 0 Å². The van der Waals surface area contributed by atoms with Crippen molar-refractivity contribution in [3.8, 4) is 5.75 Å². The molecule has 0 fully saturated rings. The van der Waals surface area contributed by atoms with E-state index in [-0.39, 0.29) is 5.96 Å². The molecule has 0 spiro atoms. The zero-order valence-electron chi connectivity index (χ0n) is 13.9. The highest BCUT2D eigenvalue weighted by Gasteiger charge is 2.01. The molecule has 0 saturated carbocycles. The molecule has 0 atom stereocenters. The molecular formula is C19H25N3O. The van der Waals surface area contributed by atoms with Crippen LogP contribution in [0.25, 0.3) is 0 Å². The van der Waals surface area contributed by atoms with Gasteiger partial charge in [0.15, 0.2) is 5.96 Å². The first-order chi connectivity index (χ1) is 11.2. The molecule has 23 heavy (non-hydrogen) atoms. The van der Waals surface area contributed by atoms with Crippen LogP contribution in [0.1, 0.15) is 31.7 Å². The Labute approximate surface area is 138 Å². The first-order valence-corrected chi connectivity index (χ1v) is 8.09. The van der Waals surface area contributed by atoms with E-state index in [4.69, 9.17) is 10.1 Å². The van der Waals surface area contributed by atoms with Crippen LogP contribution in [0.5, 0.6) is 5.75 Å². The lowest BCUT2D eigenvalue weighted by atomic mass is 10.2. The molecular weight excluding hydrogens is 286 g/mol. The van der Waals surface area contributed by atoms with Crippen molar-refractivity contribution in [1.29, 1.82) is 5.41 Å². The maximum Gasteiger partial charge on any atom is 0.197 e. The molecule has 4 nitrogen and oxygen atoms in total. The number of hydrogen-bond acceptors (Lipinski definition) is 2. The van der Waals surface area contributed by atoms with Crippen LogP contribution in [-0.2, 0) is 0 Å². The highest BCUT2D eigenvalue weighted by molar-refractivity contribution is 6.01. The molecule has 0 aromatic heterocycles. The normalized spacial score (nSPS) is 10.2. The molecule has 2 aromatic rings. The summed E-state index contributed by atoms with van der Waals surface area (Å²) < 4.78 is 5.73. The second-order valence-electron chi connectivity index (χ2n) is 5.58. The Kier molecular flexibility index (Phi) is 6.48. The van der Waals surface area contributed by atoms with Gasteiger partial charge in [-0.2, -0.15) is 0 Å². The van der Waals surface area contributed by atoms with Crippen LogP contribution in [0, 0.1) is 12.3 Å². The lowest BCUT2D eigenvalue weighted by Gasteiger charge is -2.12. The lowest BCUT2D eigenvalue weighted by Crippen LogP contribution is -2.20. The van der Waals surface area contributed by atoms with Gasteiger partial charge in [0.2, 0.25) is 0 Å². The molecule has 122 valence electrons. The predicted molar refractivity (Wildman–Crippen MR) is 97.6 cm³/mol. The second kappa shape index (κ2) is 8.83. The number of benzene rings is 2. The number of unbranched alkanes of at least 4 members (excludes halogenated alkanes) is 2. The average molecular weight is 311 g/mol. The lowest BCUT2D eigenvalue weighted by molar-refractivity contribution is 0.306. The maximum absolute atomic E-state index is 8.03. The van der Waals surface area contributed by atoms with E-state index < -0.39 is 0 Å². The van der Waals surface area contributed by atoms with Crippen molar-refractivity contribution in [3.05, 3.63) is 54.1 Å². The van der Waals surface area contributed by atoms with E-state index in [1.165, 1.54) is 12.8 Å². The third-order valence-electron chi connectivity index (χ3n) is 3.41. The summed E-state index contributed by atoms with van der Waals surface area (Å²) in [4.78, 5) is 0. The molecule has 2 rings (SSSR count). The summed E-state index contributed by atoms with van der Waals surface area (Å²) in [7, 11) is 0. The quantitative estimate of drug-likeness (QED) is 0.382. The van der Waals surface area contributed by atoms with Crippen LogP contribution in [0.2, 0.25) is 0 Å². The molecule has 4 heteroatoms. The number of rotatable bonds is 7. The largest absolute Gasteiger partial charge is 0.494 e. The van der Waals surface area contributed by atoms with Crippen molar-refractivity contribution >= 4 is 17.3 Å². The molecule has 0 aliphatic heterocycles. The van der Waals surface area contributed by atoms with E-state index >= 15 is 0 Å². The van der Waals surface area contributed by atoms with Gasteiger partial charge in [-0.3, -0.25) is 5.41 Å². The first kappa shape index (κ1) is 16.9. The maximum atomic E-state index is 8.03. The Morgan fingerprint density at radius 2 is 1.70 bits per heavy atom. The van der Waals surface area contributed by atoms with Crippen LogP contribution in [0.15, 0.2) is 48.5 Å². The second-order valence-corrected chi connectivity index (χ2v) is 5.58. The Hall–Kier alpha value is -2.49. The van der Waals surface area contributed by atoms with Crippen molar-refractivity contribution in [1.82, 2.24) is 0 Å². The van der Waals surface area contributed by atoms with Gasteiger partial charge in [-0.1, -0.05) is 38.0 Å². The van der Waals surface area contributed by atoms with Crippen LogP contribution < -0.4 is 15.4 Å². The van der Waals surface area contributed by atoms with E-state index in [0.29, 0.717) is 0 Å². The standard InChI is InChI=1S/C19H25N3O/c1-3-4-5-12-23-18-11-7-10-17(14-18)22-19(20)21-16-9-6-8-15(2)13-16/h6-11,13-14H,3-5,12H2,1-2H3,(H3,20,21,22). The number of aryl methyl sites for hydroxylation is 1. The molecule has 0 saturated heterocycles. The molecule has 0 heterocycles. The smallest absolute Gasteiger partial charge is 0.197 e. The minimum Gasteiger partial charge on any atom is -0.494 e. The van der Waals surface area contributed by atoms with E-state index in [1.54, 1.807) is 0 Å². The van der Waals surface area contributed by atoms with Crippen molar-refractivity contribution in [3.63, 3.8) is 0 Å². The minimum atomic E-state index is 0.235. The molecule has 0 aliphatic carbocycles. The number of anilines is 2. The summed E-state index contributed by atoms with van der Waals surface area (Å²) in [6.07, 6.45) is 3.44. The fraction of sp³-hybridized carbons (Fsp3) is 0.316. The zero-order valence-corrected chi connectivity index (χ0v) is 13.9. The van der Waals surface area contributed by atoms with Gasteiger partial charge in [0.05, 0.1) is 6.61 Å². The highest BCUT2D eigenvalue weighted by Crippen LogP contribution is 2.18. The minimum absolute atomic E-state index is 0.235. The Morgan fingerprint density at radius 1 is 1.00 bits per heavy atom. The Balaban J connectivity index is 1.88. The summed E-state index contributed by atoms with van der Waals surface area (Å²) in [5, 5.41) is 14.1. The van der Waals surface area contributed by atoms with Crippen LogP contribution in [0.4, 0.5) is 11.4 Å². The fourth-order valence-electron chi connectivity index (χ4n) is 2.25. The number of nitrogens with one attached hydrogen (secondary N) is 3. The number of hydrogen-bond donors (Lipinski definition) is 3. The van der Waals surface area contributed by atoms with E-state index in [0.717, 1.165) is 35.7 Å². The van der Waals surface area contributed by atoms with Gasteiger partial charge < -0.3 is 15.4 Å². The van der Waals surface area contributed by atoms with Gasteiger partial charge in [-0.15, -0.1) is 0 Å². The first-order valence-electron chi connectivity index (χ1n) is 8.09. The molecule has 0 aliphatic rings. The van der Waals surface area contributed by atoms with Gasteiger partial charge >= 0.3 is 0 Å². The van der Waals surface area contributed by atoms with Crippen molar-refractivity contribution in [2.45, 2.75) is 33.1 Å². The highest BCUT2D eigenvalue weighted by atomic mass is 16.5. The van der Waals surface area contributed by atoms with Crippen LogP contribution in [0.3, 0.4) is 0 Å². The third-order valence-corrected chi connectivity index (χ3v) is 3.41. The van der Waals surface area contributed by atoms with Crippen molar-refractivity contribution in [2.75, 3.05) is 17.2 Å². The molecule has 0 amide bonds. The van der Waals surface area contributed by atoms with Gasteiger partial charge in [0, 0.05) is 17.4 Å². The molecule has 0 radical (unpaired) electrons. The van der Waals surface area contributed by atoms with E-state index in [2.05, 4.69) is 17.6 Å². The van der Waals surface area contributed by atoms with Gasteiger partial charge in [0.25, 0.3) is 0 Å². The average Bonchev–Trinajstić information content (AvgIpc) is 2.52. The van der Waals surface area contributed by atoms with Gasteiger partial charge in [-0.05, 0) is 43.2 Å². The zero-order chi connectivity index (χ0) is 16.5. The Morgan fingerprint density at radius 3 is 2.39 bits per heavy atom. The fourth-order valence-corrected chi connectivity index (χ4v) is 2.25. The van der Waals surface area contributed by atoms with Gasteiger partial charge in [0.1, 0.15) is 5.75 Å². The van der Waals surface area contributed by atoms with Crippen LogP contribution in [-0.4, -0.2) is 12.6 Å². The Bertz CT molecular complexity index is 640. The number of guanidine groups is 1. The van der Waals surface area contributed by atoms with Gasteiger partial charge in [-0.25, -0.2) is 0 Å². The molecule has 0 bridgehead atoms. The number of ether oxygens (including phenoxy) is 1. The molecule has 0 unspecified atom stereocenters. The predicted octanol–water partition coefficient (Wildman–Crippen LogP) is 5.02. The van der Waals surface area contributed by atoms with Crippen molar-refractivity contribution < 1.29 is 4.74 Å². The summed E-state index contributed by atoms with van der Waals surface area (Å²) >= 11 is 0. The van der Waals surface area contributed by atoms with Crippen LogP contribution >= 0.6 is 0 Å². The summed E-state index contributed by atoms with van der Waals surface area (Å²) in [5.74, 6) is 1.06. The molecule has 3 N–H and O–H groups in total. The van der Waals surface area contributed by atoms with E-state index in [1.807, 2.05) is 55.5 Å². The summed E-state index contributed by atoms with van der Waals surface area (Å²) in [6.45, 7) is 4.94. The van der Waals surface area contributed by atoms with E-state index in [9.17, 15) is 0 Å². The molecule has 2 aromatic carbocycles. The topological polar surface area (TPSA) is 57.1 Å². The third kappa shape index (κ3) is 6.02. The summed E-state index contributed by atoms with van der Waals surface area (Å²) in [5.41, 5.74) is 2.89.